The molecule has 3 aliphatic carbocycles. The van der Waals surface area contributed by atoms with Gasteiger partial charge in [-0.3, -0.25) is 24.0 Å². The zero-order chi connectivity index (χ0) is 44.8. The first-order valence-electron chi connectivity index (χ1n) is 22.5. The van der Waals surface area contributed by atoms with E-state index >= 15 is 0 Å². The Balaban J connectivity index is 1.61. The van der Waals surface area contributed by atoms with Crippen LogP contribution in [-0.4, -0.2) is 102 Å². The van der Waals surface area contributed by atoms with E-state index in [0.717, 1.165) is 51.4 Å². The quantitative estimate of drug-likeness (QED) is 0.0983. The van der Waals surface area contributed by atoms with Crippen LogP contribution in [0.3, 0.4) is 0 Å². The predicted octanol–water partition coefficient (Wildman–Crippen LogP) is 5.10. The van der Waals surface area contributed by atoms with Crippen LogP contribution < -0.4 is 26.6 Å². The van der Waals surface area contributed by atoms with Crippen molar-refractivity contribution in [3.8, 4) is 0 Å². The minimum Gasteiger partial charge on any atom is -0.346 e. The van der Waals surface area contributed by atoms with Crippen LogP contribution in [0.4, 0.5) is 4.79 Å². The van der Waals surface area contributed by atoms with Crippen LogP contribution in [0.15, 0.2) is 12.7 Å². The van der Waals surface area contributed by atoms with Gasteiger partial charge in [-0.15, -0.1) is 6.58 Å². The van der Waals surface area contributed by atoms with Crippen LogP contribution >= 0.6 is 0 Å². The minimum absolute atomic E-state index is 0.00103. The highest BCUT2D eigenvalue weighted by Gasteiger charge is 2.50. The average molecular weight is 861 g/mol. The molecule has 1 aliphatic heterocycles. The molecular formula is C45H76N6O8S. The summed E-state index contributed by atoms with van der Waals surface area (Å²) in [7, 11) is -3.60. The summed E-state index contributed by atoms with van der Waals surface area (Å²) in [6.07, 6.45) is 11.7. The largest absolute Gasteiger partial charge is 0.346 e. The van der Waals surface area contributed by atoms with Crippen molar-refractivity contribution in [2.45, 2.75) is 187 Å². The summed E-state index contributed by atoms with van der Waals surface area (Å²) >= 11 is 0. The van der Waals surface area contributed by atoms with E-state index in [1.807, 2.05) is 41.5 Å². The number of amides is 6. The number of nitrogens with one attached hydrogen (secondary N) is 5. The lowest BCUT2D eigenvalue weighted by Gasteiger charge is -2.43. The molecule has 60 heavy (non-hydrogen) atoms. The van der Waals surface area contributed by atoms with Gasteiger partial charge in [-0.1, -0.05) is 99.0 Å². The van der Waals surface area contributed by atoms with Gasteiger partial charge in [0.1, 0.15) is 18.1 Å². The van der Waals surface area contributed by atoms with E-state index in [1.165, 1.54) is 11.0 Å². The van der Waals surface area contributed by atoms with Gasteiger partial charge in [-0.05, 0) is 87.9 Å². The van der Waals surface area contributed by atoms with Gasteiger partial charge in [0, 0.05) is 13.1 Å². The van der Waals surface area contributed by atoms with Gasteiger partial charge in [0.25, 0.3) is 5.91 Å². The second-order valence-electron chi connectivity index (χ2n) is 21.0. The lowest BCUT2D eigenvalue weighted by Crippen LogP contribution is -2.66. The van der Waals surface area contributed by atoms with Crippen molar-refractivity contribution >= 4 is 45.3 Å². The molecule has 0 aromatic carbocycles. The highest BCUT2D eigenvalue weighted by Crippen LogP contribution is 2.40. The third kappa shape index (κ3) is 12.3. The normalized spacial score (nSPS) is 23.4. The smallest absolute Gasteiger partial charge is 0.315 e. The van der Waals surface area contributed by atoms with Crippen LogP contribution in [-0.2, 0) is 33.8 Å². The first-order chi connectivity index (χ1) is 27.8. The minimum atomic E-state index is -3.60. The summed E-state index contributed by atoms with van der Waals surface area (Å²) in [6.45, 7) is 20.4. The molecular weight excluding hydrogens is 785 g/mol. The van der Waals surface area contributed by atoms with Gasteiger partial charge in [0.15, 0.2) is 9.84 Å². The van der Waals surface area contributed by atoms with Crippen molar-refractivity contribution in [1.82, 2.24) is 31.5 Å². The van der Waals surface area contributed by atoms with Gasteiger partial charge in [-0.25, -0.2) is 13.2 Å². The maximum atomic E-state index is 14.9. The molecule has 15 heteroatoms. The first kappa shape index (κ1) is 49.2. The van der Waals surface area contributed by atoms with Crippen molar-refractivity contribution in [3.05, 3.63) is 12.7 Å². The van der Waals surface area contributed by atoms with Crippen LogP contribution in [0.1, 0.15) is 152 Å². The molecule has 6 amide bonds. The lowest BCUT2D eigenvalue weighted by molar-refractivity contribution is -0.146. The van der Waals surface area contributed by atoms with E-state index in [9.17, 15) is 37.2 Å². The SMILES string of the molecule is C=CCNC(=O)C(=O)C(CC1CC1)NC(=O)[C@@H]1[C@@H](C(C)C)CCN1C(=O)[C@@H](NC(=O)[C@@H](NC(=O)NC1(CS(=O)(=O)C(C)(C)C)CCCCC1)C1(C)CCCCC1)C(C)(C)C. The zero-order valence-electron chi connectivity index (χ0n) is 38.0. The molecule has 0 spiro atoms. The number of carbonyl (C=O) groups is 6. The number of hydrogen-bond acceptors (Lipinski definition) is 8. The van der Waals surface area contributed by atoms with Crippen molar-refractivity contribution < 1.29 is 37.2 Å². The molecule has 4 rings (SSSR count). The number of likely N-dealkylation sites (tertiary alicyclic amines) is 1. The number of carbonyl (C=O) groups excluding carboxylic acids is 6. The number of urea groups is 1. The van der Waals surface area contributed by atoms with Crippen LogP contribution in [0.2, 0.25) is 0 Å². The fourth-order valence-electron chi connectivity index (χ4n) is 9.45. The molecule has 4 aliphatic rings. The van der Waals surface area contributed by atoms with Gasteiger partial charge in [0.2, 0.25) is 23.5 Å². The molecule has 4 fully saturated rings. The van der Waals surface area contributed by atoms with Crippen molar-refractivity contribution in [3.63, 3.8) is 0 Å². The molecule has 0 aromatic rings. The van der Waals surface area contributed by atoms with Gasteiger partial charge < -0.3 is 31.5 Å². The monoisotopic (exact) mass is 861 g/mol. The fraction of sp³-hybridized carbons (Fsp3) is 0.822. The van der Waals surface area contributed by atoms with E-state index in [4.69, 9.17) is 0 Å². The number of nitrogens with zero attached hydrogens (tertiary/aromatic N) is 1. The predicted molar refractivity (Wildman–Crippen MR) is 233 cm³/mol. The standard InChI is InChI=1S/C45H76N6O8S/c1-11-25-46-38(54)34(52)32(27-30-18-19-30)47-37(53)33-31(29(2)3)20-26-51(33)40(56)36(42(4,5)6)48-39(55)35(44(10)21-14-12-15-22-44)49-41(57)50-45(23-16-13-17-24-45)28-60(58,59)43(7,8)9/h11,29-33,35-36H,1,12-28H2,2-10H3,(H,46,54)(H,47,53)(H,48,55)(H2,49,50,57)/t31-,32?,33+,35-,36-/m1/s1. The Morgan fingerprint density at radius 2 is 1.42 bits per heavy atom. The number of rotatable bonds is 17. The number of sulfone groups is 1. The summed E-state index contributed by atoms with van der Waals surface area (Å²) in [6, 6.07) is -4.75. The Hall–Kier alpha value is -3.49. The van der Waals surface area contributed by atoms with Gasteiger partial charge in [0.05, 0.1) is 22.1 Å². The second-order valence-corrected chi connectivity index (χ2v) is 23.8. The Morgan fingerprint density at radius 3 is 1.93 bits per heavy atom. The number of hydrogen-bond donors (Lipinski definition) is 5. The molecule has 5 N–H and O–H groups in total. The molecule has 1 saturated heterocycles. The van der Waals surface area contributed by atoms with E-state index in [-0.39, 0.29) is 36.6 Å². The summed E-state index contributed by atoms with van der Waals surface area (Å²) in [4.78, 5) is 85.7. The Bertz CT molecular complexity index is 1700. The van der Waals surface area contributed by atoms with Crippen LogP contribution in [0.25, 0.3) is 0 Å². The van der Waals surface area contributed by atoms with E-state index in [1.54, 1.807) is 20.8 Å². The van der Waals surface area contributed by atoms with Crippen molar-refractivity contribution in [2.75, 3.05) is 18.8 Å². The topological polar surface area (TPSA) is 200 Å². The van der Waals surface area contributed by atoms with Crippen molar-refractivity contribution in [2.24, 2.45) is 28.6 Å². The highest BCUT2D eigenvalue weighted by molar-refractivity contribution is 7.92. The molecule has 1 unspecified atom stereocenters. The van der Waals surface area contributed by atoms with E-state index < -0.39 is 90.6 Å². The second kappa shape index (κ2) is 19.7. The number of Topliss-reactive ketones (excluding diaryl/α,β-unsaturated/α-hetero) is 1. The first-order valence-corrected chi connectivity index (χ1v) is 24.1. The Kier molecular flexibility index (Phi) is 16.1. The zero-order valence-corrected chi connectivity index (χ0v) is 38.8. The van der Waals surface area contributed by atoms with Crippen LogP contribution in [0.5, 0.6) is 0 Å². The number of ketones is 1. The molecule has 14 nitrogen and oxygen atoms in total. The van der Waals surface area contributed by atoms with E-state index in [0.29, 0.717) is 38.5 Å². The molecule has 1 heterocycles. The summed E-state index contributed by atoms with van der Waals surface area (Å²) in [5.41, 5.74) is -2.46. The van der Waals surface area contributed by atoms with Gasteiger partial charge >= 0.3 is 6.03 Å². The Morgan fingerprint density at radius 1 is 0.833 bits per heavy atom. The molecule has 340 valence electrons. The molecule has 0 bridgehead atoms. The third-order valence-corrected chi connectivity index (χ3v) is 16.4. The molecule has 0 radical (unpaired) electrons. The third-order valence-electron chi connectivity index (χ3n) is 13.6. The summed E-state index contributed by atoms with van der Waals surface area (Å²) in [5.74, 6) is -3.25. The average Bonchev–Trinajstić information content (AvgIpc) is 3.86. The Labute approximate surface area is 359 Å². The lowest BCUT2D eigenvalue weighted by atomic mass is 9.70. The molecule has 5 atom stereocenters. The maximum Gasteiger partial charge on any atom is 0.315 e. The van der Waals surface area contributed by atoms with E-state index in [2.05, 4.69) is 33.2 Å². The molecule has 3 saturated carbocycles. The summed E-state index contributed by atoms with van der Waals surface area (Å²) in [5, 5.41) is 14.5. The maximum absolute atomic E-state index is 14.9. The van der Waals surface area contributed by atoms with Gasteiger partial charge in [-0.2, -0.15) is 0 Å². The highest BCUT2D eigenvalue weighted by atomic mass is 32.2. The molecule has 0 aromatic heterocycles. The fourth-order valence-corrected chi connectivity index (χ4v) is 11.0. The van der Waals surface area contributed by atoms with Crippen LogP contribution in [0, 0.1) is 28.6 Å². The van der Waals surface area contributed by atoms with Crippen molar-refractivity contribution in [1.29, 1.82) is 0 Å². The summed E-state index contributed by atoms with van der Waals surface area (Å²) < 4.78 is 26.0.